The van der Waals surface area contributed by atoms with Gasteiger partial charge in [0.2, 0.25) is 0 Å². The molecule has 3 rings (SSSR count). The van der Waals surface area contributed by atoms with Crippen molar-refractivity contribution >= 4 is 0 Å². The molecule has 2 aliphatic rings. The number of nitrogens with one attached hydrogen (secondary N) is 2. The van der Waals surface area contributed by atoms with Crippen molar-refractivity contribution in [3.05, 3.63) is 18.2 Å². The third kappa shape index (κ3) is 1.49. The lowest BCUT2D eigenvalue weighted by molar-refractivity contribution is 0.116. The van der Waals surface area contributed by atoms with Crippen LogP contribution < -0.4 is 5.32 Å². The molecule has 3 heteroatoms. The molecule has 0 radical (unpaired) electrons. The van der Waals surface area contributed by atoms with E-state index in [1.807, 2.05) is 12.4 Å². The molecule has 0 aromatic carbocycles. The van der Waals surface area contributed by atoms with E-state index in [2.05, 4.69) is 43.0 Å². The van der Waals surface area contributed by atoms with Gasteiger partial charge in [0.05, 0.1) is 6.04 Å². The lowest BCUT2D eigenvalue weighted by Gasteiger charge is -2.40. The summed E-state index contributed by atoms with van der Waals surface area (Å²) in [5.41, 5.74) is 0.923. The van der Waals surface area contributed by atoms with Gasteiger partial charge < -0.3 is 10.3 Å². The number of aromatic nitrogens is 2. The number of hydrogen-bond acceptors (Lipinski definition) is 2. The maximum Gasteiger partial charge on any atom is 0.122 e. The number of H-pyrrole nitrogens is 1. The molecule has 0 amide bonds. The summed E-state index contributed by atoms with van der Waals surface area (Å²) in [6.07, 6.45) is 7.85. The number of hydrogen-bond donors (Lipinski definition) is 2. The van der Waals surface area contributed by atoms with Gasteiger partial charge in [0.1, 0.15) is 5.82 Å². The first-order chi connectivity index (χ1) is 8.45. The quantitative estimate of drug-likeness (QED) is 0.860. The highest BCUT2D eigenvalue weighted by atomic mass is 15.1. The van der Waals surface area contributed by atoms with E-state index in [-0.39, 0.29) is 0 Å². The molecule has 4 unspecified atom stereocenters. The Labute approximate surface area is 110 Å². The number of fused-ring (bicyclic) bond motifs is 2. The maximum absolute atomic E-state index is 4.36. The Morgan fingerprint density at radius 2 is 2.22 bits per heavy atom. The Morgan fingerprint density at radius 3 is 2.72 bits per heavy atom. The highest BCUT2D eigenvalue weighted by Gasteiger charge is 2.61. The van der Waals surface area contributed by atoms with E-state index in [4.69, 9.17) is 0 Å². The first kappa shape index (κ1) is 12.2. The van der Waals surface area contributed by atoms with Crippen LogP contribution in [0.15, 0.2) is 12.4 Å². The highest BCUT2D eigenvalue weighted by molar-refractivity contribution is 5.14. The Balaban J connectivity index is 1.76. The first-order valence-corrected chi connectivity index (χ1v) is 7.20. The molecule has 2 bridgehead atoms. The van der Waals surface area contributed by atoms with E-state index in [1.54, 1.807) is 0 Å². The van der Waals surface area contributed by atoms with Gasteiger partial charge in [0.15, 0.2) is 0 Å². The SMILES string of the molecule is CC(NC1CC2CCC1(C)C2(C)C)c1ncc[nH]1. The van der Waals surface area contributed by atoms with E-state index < -0.39 is 0 Å². The zero-order valence-electron chi connectivity index (χ0n) is 12.0. The third-order valence-electron chi connectivity index (χ3n) is 6.17. The summed E-state index contributed by atoms with van der Waals surface area (Å²) in [5, 5.41) is 3.82. The Kier molecular flexibility index (Phi) is 2.60. The average molecular weight is 247 g/mol. The van der Waals surface area contributed by atoms with Crippen LogP contribution in [0.4, 0.5) is 0 Å². The van der Waals surface area contributed by atoms with Gasteiger partial charge >= 0.3 is 0 Å². The van der Waals surface area contributed by atoms with E-state index in [1.165, 1.54) is 19.3 Å². The van der Waals surface area contributed by atoms with E-state index in [0.29, 0.717) is 22.9 Å². The van der Waals surface area contributed by atoms with Crippen LogP contribution in [0.5, 0.6) is 0 Å². The second-order valence-electron chi connectivity index (χ2n) is 7.03. The molecule has 0 spiro atoms. The van der Waals surface area contributed by atoms with Crippen molar-refractivity contribution in [3.63, 3.8) is 0 Å². The van der Waals surface area contributed by atoms with Crippen LogP contribution >= 0.6 is 0 Å². The highest BCUT2D eigenvalue weighted by Crippen LogP contribution is 2.65. The van der Waals surface area contributed by atoms with Crippen molar-refractivity contribution in [1.82, 2.24) is 15.3 Å². The van der Waals surface area contributed by atoms with Crippen LogP contribution in [0.1, 0.15) is 58.8 Å². The van der Waals surface area contributed by atoms with Crippen molar-refractivity contribution in [1.29, 1.82) is 0 Å². The number of imidazole rings is 1. The van der Waals surface area contributed by atoms with E-state index >= 15 is 0 Å². The Morgan fingerprint density at radius 1 is 1.44 bits per heavy atom. The van der Waals surface area contributed by atoms with Crippen LogP contribution in [0.25, 0.3) is 0 Å². The molecule has 18 heavy (non-hydrogen) atoms. The third-order valence-corrected chi connectivity index (χ3v) is 6.17. The van der Waals surface area contributed by atoms with Gasteiger partial charge in [-0.15, -0.1) is 0 Å². The summed E-state index contributed by atoms with van der Waals surface area (Å²) < 4.78 is 0. The van der Waals surface area contributed by atoms with E-state index in [0.717, 1.165) is 11.7 Å². The Bertz CT molecular complexity index is 423. The van der Waals surface area contributed by atoms with Crippen molar-refractivity contribution in [2.75, 3.05) is 0 Å². The molecule has 1 heterocycles. The van der Waals surface area contributed by atoms with Crippen LogP contribution in [0.3, 0.4) is 0 Å². The lowest BCUT2D eigenvalue weighted by Crippen LogP contribution is -2.45. The number of rotatable bonds is 3. The summed E-state index contributed by atoms with van der Waals surface area (Å²) in [6.45, 7) is 9.61. The van der Waals surface area contributed by atoms with Crippen LogP contribution in [-0.2, 0) is 0 Å². The number of nitrogens with zero attached hydrogens (tertiary/aromatic N) is 1. The Hall–Kier alpha value is -0.830. The van der Waals surface area contributed by atoms with Crippen molar-refractivity contribution < 1.29 is 0 Å². The van der Waals surface area contributed by atoms with Crippen molar-refractivity contribution in [3.8, 4) is 0 Å². The van der Waals surface area contributed by atoms with Crippen LogP contribution in [-0.4, -0.2) is 16.0 Å². The van der Waals surface area contributed by atoms with Gasteiger partial charge in [-0.05, 0) is 42.9 Å². The molecular formula is C15H25N3. The fourth-order valence-electron chi connectivity index (χ4n) is 4.35. The standard InChI is InChI=1S/C15H25N3/c1-10(13-16-7-8-17-13)18-12-9-11-5-6-15(12,4)14(11,2)3/h7-8,10-12,18H,5-6,9H2,1-4H3,(H,16,17). The molecule has 4 atom stereocenters. The minimum Gasteiger partial charge on any atom is -0.347 e. The topological polar surface area (TPSA) is 40.7 Å². The molecule has 3 nitrogen and oxygen atoms in total. The first-order valence-electron chi connectivity index (χ1n) is 7.20. The van der Waals surface area contributed by atoms with E-state index in [9.17, 15) is 0 Å². The lowest BCUT2D eigenvalue weighted by atomic mass is 9.69. The van der Waals surface area contributed by atoms with Gasteiger partial charge in [-0.3, -0.25) is 0 Å². The molecular weight excluding hydrogens is 222 g/mol. The molecule has 2 N–H and O–H groups in total. The molecule has 1 aromatic heterocycles. The van der Waals surface area contributed by atoms with Gasteiger partial charge in [-0.2, -0.15) is 0 Å². The molecule has 2 aliphatic carbocycles. The summed E-state index contributed by atoms with van der Waals surface area (Å²) >= 11 is 0. The molecule has 0 saturated heterocycles. The summed E-state index contributed by atoms with van der Waals surface area (Å²) in [6, 6.07) is 0.948. The fraction of sp³-hybridized carbons (Fsp3) is 0.800. The minimum absolute atomic E-state index is 0.317. The summed E-state index contributed by atoms with van der Waals surface area (Å²) in [4.78, 5) is 7.58. The number of aromatic amines is 1. The molecule has 0 aliphatic heterocycles. The predicted molar refractivity (Wildman–Crippen MR) is 73.2 cm³/mol. The second kappa shape index (κ2) is 3.83. The van der Waals surface area contributed by atoms with Gasteiger partial charge in [0.25, 0.3) is 0 Å². The smallest absolute Gasteiger partial charge is 0.122 e. The van der Waals surface area contributed by atoms with Crippen LogP contribution in [0.2, 0.25) is 0 Å². The maximum atomic E-state index is 4.36. The average Bonchev–Trinajstić information content (AvgIpc) is 2.95. The second-order valence-corrected chi connectivity index (χ2v) is 7.03. The van der Waals surface area contributed by atoms with Crippen molar-refractivity contribution in [2.24, 2.45) is 16.7 Å². The minimum atomic E-state index is 0.317. The molecule has 2 fully saturated rings. The zero-order chi connectivity index (χ0) is 13.0. The van der Waals surface area contributed by atoms with Crippen LogP contribution in [0, 0.1) is 16.7 Å². The van der Waals surface area contributed by atoms with Crippen molar-refractivity contribution in [2.45, 2.75) is 59.0 Å². The van der Waals surface area contributed by atoms with Gasteiger partial charge in [-0.25, -0.2) is 4.98 Å². The molecule has 1 aromatic rings. The van der Waals surface area contributed by atoms with Gasteiger partial charge in [0, 0.05) is 18.4 Å². The monoisotopic (exact) mass is 247 g/mol. The summed E-state index contributed by atoms with van der Waals surface area (Å²) in [7, 11) is 0. The zero-order valence-corrected chi connectivity index (χ0v) is 12.0. The molecule has 100 valence electrons. The molecule has 2 saturated carbocycles. The predicted octanol–water partition coefficient (Wildman–Crippen LogP) is 3.28. The normalized spacial score (nSPS) is 39.1. The fourth-order valence-corrected chi connectivity index (χ4v) is 4.35. The summed E-state index contributed by atoms with van der Waals surface area (Å²) in [5.74, 6) is 1.95. The largest absolute Gasteiger partial charge is 0.347 e. The van der Waals surface area contributed by atoms with Gasteiger partial charge in [-0.1, -0.05) is 20.8 Å².